The van der Waals surface area contributed by atoms with E-state index in [4.69, 9.17) is 4.74 Å². The van der Waals surface area contributed by atoms with Crippen LogP contribution in [0.5, 0.6) is 0 Å². The Hall–Kier alpha value is -4.46. The van der Waals surface area contributed by atoms with E-state index in [0.717, 1.165) is 11.1 Å². The average Bonchev–Trinajstić information content (AvgIpc) is 2.80. The largest absolute Gasteiger partial charge is 0.452 e. The van der Waals surface area contributed by atoms with E-state index in [-0.39, 0.29) is 17.4 Å². The van der Waals surface area contributed by atoms with Crippen molar-refractivity contribution in [3.05, 3.63) is 89.5 Å². The predicted molar refractivity (Wildman–Crippen MR) is 134 cm³/mol. The van der Waals surface area contributed by atoms with Gasteiger partial charge in [-0.15, -0.1) is 0 Å². The number of amides is 3. The average molecular weight is 474 g/mol. The van der Waals surface area contributed by atoms with E-state index in [1.54, 1.807) is 4.90 Å². The Balaban J connectivity index is 1.79. The van der Waals surface area contributed by atoms with E-state index < -0.39 is 18.5 Å². The molecule has 0 aliphatic heterocycles. The third-order valence-electron chi connectivity index (χ3n) is 4.93. The summed E-state index contributed by atoms with van der Waals surface area (Å²) in [5.41, 5.74) is 3.32. The van der Waals surface area contributed by atoms with Gasteiger partial charge >= 0.3 is 5.97 Å². The van der Waals surface area contributed by atoms with Crippen LogP contribution in [0.2, 0.25) is 0 Å². The van der Waals surface area contributed by atoms with Crippen LogP contribution in [0.25, 0.3) is 0 Å². The molecule has 3 rings (SSSR count). The molecule has 8 nitrogen and oxygen atoms in total. The molecular formula is C27H27N3O5. The van der Waals surface area contributed by atoms with Crippen LogP contribution in [0.3, 0.4) is 0 Å². The molecule has 8 heteroatoms. The van der Waals surface area contributed by atoms with Crippen molar-refractivity contribution < 1.29 is 23.9 Å². The number of benzene rings is 3. The van der Waals surface area contributed by atoms with Gasteiger partial charge in [0.05, 0.1) is 12.1 Å². The van der Waals surface area contributed by atoms with E-state index in [2.05, 4.69) is 10.6 Å². The predicted octanol–water partition coefficient (Wildman–Crippen LogP) is 4.30. The van der Waals surface area contributed by atoms with Crippen molar-refractivity contribution in [2.24, 2.45) is 0 Å². The third-order valence-corrected chi connectivity index (χ3v) is 4.93. The molecule has 0 aliphatic rings. The van der Waals surface area contributed by atoms with Gasteiger partial charge in [0.1, 0.15) is 0 Å². The van der Waals surface area contributed by atoms with Crippen LogP contribution in [-0.2, 0) is 25.7 Å². The van der Waals surface area contributed by atoms with Crippen molar-refractivity contribution in [1.82, 2.24) is 0 Å². The number of nitrogens with zero attached hydrogens (tertiary/aromatic N) is 1. The molecule has 180 valence electrons. The first-order chi connectivity index (χ1) is 16.7. The standard InChI is InChI=1S/C27H27N3O5/c1-18-8-7-11-25(12-18)30(16-21-9-5-4-6-10-21)26(33)17-35-27(34)22-13-23(28-19(2)31)15-24(14-22)29-20(3)32/h4-15H,16-17H2,1-3H3,(H,28,31)(H,29,32). The molecule has 0 aromatic heterocycles. The number of carbonyl (C=O) groups is 4. The van der Waals surface area contributed by atoms with Gasteiger partial charge in [-0.1, -0.05) is 42.5 Å². The molecule has 3 aromatic rings. The van der Waals surface area contributed by atoms with Gasteiger partial charge in [-0.05, 0) is 48.4 Å². The van der Waals surface area contributed by atoms with E-state index in [1.807, 2.05) is 61.5 Å². The Morgan fingerprint density at radius 3 is 2.00 bits per heavy atom. The maximum atomic E-state index is 13.2. The van der Waals surface area contributed by atoms with Gasteiger partial charge in [0.2, 0.25) is 11.8 Å². The van der Waals surface area contributed by atoms with Crippen molar-refractivity contribution in [3.8, 4) is 0 Å². The SMILES string of the molecule is CC(=O)Nc1cc(NC(C)=O)cc(C(=O)OCC(=O)N(Cc2ccccc2)c2cccc(C)c2)c1. The number of esters is 1. The summed E-state index contributed by atoms with van der Waals surface area (Å²) in [7, 11) is 0. The van der Waals surface area contributed by atoms with Gasteiger partial charge in [-0.3, -0.25) is 14.4 Å². The first-order valence-electron chi connectivity index (χ1n) is 11.0. The summed E-state index contributed by atoms with van der Waals surface area (Å²) in [6, 6.07) is 21.4. The highest BCUT2D eigenvalue weighted by molar-refractivity contribution is 6.00. The van der Waals surface area contributed by atoms with E-state index in [0.29, 0.717) is 23.6 Å². The van der Waals surface area contributed by atoms with Crippen LogP contribution < -0.4 is 15.5 Å². The van der Waals surface area contributed by atoms with Crippen molar-refractivity contribution in [3.63, 3.8) is 0 Å². The minimum Gasteiger partial charge on any atom is -0.452 e. The molecular weight excluding hydrogens is 446 g/mol. The molecule has 0 bridgehead atoms. The molecule has 3 aromatic carbocycles. The van der Waals surface area contributed by atoms with E-state index >= 15 is 0 Å². The summed E-state index contributed by atoms with van der Waals surface area (Å²) < 4.78 is 5.32. The Bertz CT molecular complexity index is 1210. The molecule has 0 saturated heterocycles. The van der Waals surface area contributed by atoms with Crippen LogP contribution in [-0.4, -0.2) is 30.3 Å². The Morgan fingerprint density at radius 2 is 1.43 bits per heavy atom. The van der Waals surface area contributed by atoms with Crippen LogP contribution >= 0.6 is 0 Å². The maximum Gasteiger partial charge on any atom is 0.338 e. The Kier molecular flexibility index (Phi) is 8.34. The molecule has 2 N–H and O–H groups in total. The molecule has 0 aliphatic carbocycles. The number of hydrogen-bond acceptors (Lipinski definition) is 5. The molecule has 35 heavy (non-hydrogen) atoms. The summed E-state index contributed by atoms with van der Waals surface area (Å²) >= 11 is 0. The van der Waals surface area contributed by atoms with E-state index in [1.165, 1.54) is 32.0 Å². The second kappa shape index (κ2) is 11.6. The quantitative estimate of drug-likeness (QED) is 0.475. The van der Waals surface area contributed by atoms with Gasteiger partial charge in [-0.25, -0.2) is 4.79 Å². The molecule has 0 atom stereocenters. The lowest BCUT2D eigenvalue weighted by Gasteiger charge is -2.23. The van der Waals surface area contributed by atoms with Crippen LogP contribution in [0.1, 0.15) is 35.3 Å². The zero-order valence-corrected chi connectivity index (χ0v) is 19.8. The summed E-state index contributed by atoms with van der Waals surface area (Å²) in [6.45, 7) is 4.41. The van der Waals surface area contributed by atoms with Crippen LogP contribution in [0, 0.1) is 6.92 Å². The van der Waals surface area contributed by atoms with Gasteiger partial charge in [0, 0.05) is 30.9 Å². The first kappa shape index (κ1) is 25.2. The van der Waals surface area contributed by atoms with Crippen molar-refractivity contribution in [2.45, 2.75) is 27.3 Å². The summed E-state index contributed by atoms with van der Waals surface area (Å²) in [5, 5.41) is 5.16. The van der Waals surface area contributed by atoms with Crippen molar-refractivity contribution in [1.29, 1.82) is 0 Å². The van der Waals surface area contributed by atoms with Gasteiger partial charge in [-0.2, -0.15) is 0 Å². The second-order valence-electron chi connectivity index (χ2n) is 8.04. The lowest BCUT2D eigenvalue weighted by molar-refractivity contribution is -0.121. The first-order valence-corrected chi connectivity index (χ1v) is 11.0. The Labute approximate surface area is 203 Å². The molecule has 3 amide bonds. The summed E-state index contributed by atoms with van der Waals surface area (Å²) in [6.07, 6.45) is 0. The fraction of sp³-hybridized carbons (Fsp3) is 0.185. The summed E-state index contributed by atoms with van der Waals surface area (Å²) in [5.74, 6) is -1.84. The Morgan fingerprint density at radius 1 is 0.800 bits per heavy atom. The number of nitrogens with one attached hydrogen (secondary N) is 2. The fourth-order valence-electron chi connectivity index (χ4n) is 3.47. The van der Waals surface area contributed by atoms with Gasteiger partial charge < -0.3 is 20.3 Å². The molecule has 0 spiro atoms. The lowest BCUT2D eigenvalue weighted by Crippen LogP contribution is -2.34. The van der Waals surface area contributed by atoms with E-state index in [9.17, 15) is 19.2 Å². The molecule has 0 saturated carbocycles. The minimum atomic E-state index is -0.763. The number of aryl methyl sites for hydroxylation is 1. The molecule has 0 radical (unpaired) electrons. The zero-order valence-electron chi connectivity index (χ0n) is 19.8. The highest BCUT2D eigenvalue weighted by atomic mass is 16.5. The molecule has 0 fully saturated rings. The van der Waals surface area contributed by atoms with Gasteiger partial charge in [0.25, 0.3) is 5.91 Å². The molecule has 0 heterocycles. The summed E-state index contributed by atoms with van der Waals surface area (Å²) in [4.78, 5) is 50.4. The third kappa shape index (κ3) is 7.53. The second-order valence-corrected chi connectivity index (χ2v) is 8.04. The van der Waals surface area contributed by atoms with Gasteiger partial charge in [0.15, 0.2) is 6.61 Å². The van der Waals surface area contributed by atoms with Crippen molar-refractivity contribution >= 4 is 40.8 Å². The van der Waals surface area contributed by atoms with Crippen LogP contribution in [0.4, 0.5) is 17.1 Å². The molecule has 0 unspecified atom stereocenters. The smallest absolute Gasteiger partial charge is 0.338 e. The normalized spacial score (nSPS) is 10.3. The van der Waals surface area contributed by atoms with Crippen molar-refractivity contribution in [2.75, 3.05) is 22.1 Å². The number of carbonyl (C=O) groups excluding carboxylic acids is 4. The fourth-order valence-corrected chi connectivity index (χ4v) is 3.47. The number of hydrogen-bond donors (Lipinski definition) is 2. The highest BCUT2D eigenvalue weighted by Crippen LogP contribution is 2.22. The maximum absolute atomic E-state index is 13.2. The minimum absolute atomic E-state index is 0.0814. The number of ether oxygens (including phenoxy) is 1. The highest BCUT2D eigenvalue weighted by Gasteiger charge is 2.20. The topological polar surface area (TPSA) is 105 Å². The zero-order chi connectivity index (χ0) is 25.4. The van der Waals surface area contributed by atoms with Crippen LogP contribution in [0.15, 0.2) is 72.8 Å². The number of rotatable bonds is 8. The monoisotopic (exact) mass is 473 g/mol. The lowest BCUT2D eigenvalue weighted by atomic mass is 10.1. The number of anilines is 3.